The van der Waals surface area contributed by atoms with Gasteiger partial charge in [0.05, 0.1) is 12.6 Å². The second-order valence-electron chi connectivity index (χ2n) is 7.10. The Morgan fingerprint density at radius 2 is 1.83 bits per heavy atom. The maximum atomic E-state index is 12.3. The third-order valence-electron chi connectivity index (χ3n) is 5.33. The van der Waals surface area contributed by atoms with Crippen molar-refractivity contribution in [2.45, 2.75) is 51.1 Å². The van der Waals surface area contributed by atoms with E-state index < -0.39 is 6.04 Å². The highest BCUT2D eigenvalue weighted by atomic mass is 16.2. The van der Waals surface area contributed by atoms with Crippen LogP contribution in [0.25, 0.3) is 0 Å². The second kappa shape index (κ2) is 7.79. The number of nitrogens with zero attached hydrogens (tertiary/aromatic N) is 1. The predicted octanol–water partition coefficient (Wildman–Crippen LogP) is 1.60. The average molecular weight is 329 g/mol. The fraction of sp³-hybridized carbons (Fsp3) is 0.579. The zero-order valence-corrected chi connectivity index (χ0v) is 14.2. The number of benzene rings is 1. The van der Waals surface area contributed by atoms with E-state index in [0.29, 0.717) is 18.9 Å². The Labute approximate surface area is 143 Å². The Kier molecular flexibility index (Phi) is 5.51. The van der Waals surface area contributed by atoms with Gasteiger partial charge in [-0.2, -0.15) is 0 Å². The minimum absolute atomic E-state index is 0.00814. The van der Waals surface area contributed by atoms with Gasteiger partial charge in [0.2, 0.25) is 11.8 Å². The normalized spacial score (nSPS) is 21.9. The lowest BCUT2D eigenvalue weighted by molar-refractivity contribution is -0.127. The molecule has 1 aliphatic carbocycles. The summed E-state index contributed by atoms with van der Waals surface area (Å²) in [6, 6.07) is 7.65. The molecule has 1 aromatic carbocycles. The van der Waals surface area contributed by atoms with Crippen LogP contribution < -0.4 is 11.1 Å². The summed E-state index contributed by atoms with van der Waals surface area (Å²) < 4.78 is 0. The molecule has 1 saturated carbocycles. The van der Waals surface area contributed by atoms with Crippen LogP contribution in [0.15, 0.2) is 24.3 Å². The van der Waals surface area contributed by atoms with Gasteiger partial charge in [-0.15, -0.1) is 0 Å². The molecule has 2 amide bonds. The van der Waals surface area contributed by atoms with Gasteiger partial charge in [0.25, 0.3) is 0 Å². The number of nitrogens with one attached hydrogen (secondary N) is 1. The monoisotopic (exact) mass is 329 g/mol. The Balaban J connectivity index is 1.57. The van der Waals surface area contributed by atoms with Gasteiger partial charge in [-0.05, 0) is 36.3 Å². The first-order valence-electron chi connectivity index (χ1n) is 9.00. The van der Waals surface area contributed by atoms with Crippen molar-refractivity contribution >= 4 is 11.8 Å². The van der Waals surface area contributed by atoms with Crippen molar-refractivity contribution in [3.05, 3.63) is 35.4 Å². The van der Waals surface area contributed by atoms with Gasteiger partial charge in [0, 0.05) is 13.1 Å². The molecule has 1 atom stereocenters. The quantitative estimate of drug-likeness (QED) is 0.861. The molecule has 1 fully saturated rings. The first-order valence-corrected chi connectivity index (χ1v) is 9.00. The van der Waals surface area contributed by atoms with Crippen LogP contribution in [0.5, 0.6) is 0 Å². The molecule has 0 aromatic heterocycles. The lowest BCUT2D eigenvalue weighted by atomic mass is 9.89. The second-order valence-corrected chi connectivity index (χ2v) is 7.10. The van der Waals surface area contributed by atoms with E-state index in [-0.39, 0.29) is 18.4 Å². The van der Waals surface area contributed by atoms with Crippen LogP contribution >= 0.6 is 0 Å². The number of carbonyl (C=O) groups is 2. The third-order valence-corrected chi connectivity index (χ3v) is 5.33. The van der Waals surface area contributed by atoms with Crippen molar-refractivity contribution in [1.82, 2.24) is 10.2 Å². The first-order chi connectivity index (χ1) is 11.6. The van der Waals surface area contributed by atoms with Gasteiger partial charge in [-0.3, -0.25) is 14.5 Å². The number of hydrogen-bond donors (Lipinski definition) is 2. The van der Waals surface area contributed by atoms with Crippen LogP contribution in [0.4, 0.5) is 0 Å². The van der Waals surface area contributed by atoms with Gasteiger partial charge in [0.15, 0.2) is 0 Å². The van der Waals surface area contributed by atoms with Gasteiger partial charge >= 0.3 is 0 Å². The van der Waals surface area contributed by atoms with E-state index in [1.165, 1.54) is 37.7 Å². The fourth-order valence-corrected chi connectivity index (χ4v) is 3.91. The van der Waals surface area contributed by atoms with Crippen molar-refractivity contribution in [3.63, 3.8) is 0 Å². The minimum Gasteiger partial charge on any atom is -0.368 e. The van der Waals surface area contributed by atoms with Gasteiger partial charge in [0.1, 0.15) is 0 Å². The van der Waals surface area contributed by atoms with Crippen LogP contribution in [0, 0.1) is 5.92 Å². The zero-order chi connectivity index (χ0) is 16.9. The number of nitrogens with two attached hydrogens (primary N) is 1. The molecule has 0 saturated heterocycles. The molecular formula is C19H27N3O2. The van der Waals surface area contributed by atoms with E-state index in [9.17, 15) is 9.59 Å². The van der Waals surface area contributed by atoms with Crippen molar-refractivity contribution in [3.8, 4) is 0 Å². The number of rotatable bonds is 5. The summed E-state index contributed by atoms with van der Waals surface area (Å²) in [5.74, 6) is 0.243. The zero-order valence-electron chi connectivity index (χ0n) is 14.2. The standard InChI is InChI=1S/C19H27N3O2/c20-19(24)17-10-15-8-4-5-9-16(15)12-22(17)13-18(23)21-11-14-6-2-1-3-7-14/h4-5,8-9,14,17H,1-3,6-7,10-13H2,(H2,20,24)(H,21,23). The van der Waals surface area contributed by atoms with Gasteiger partial charge in [-0.1, -0.05) is 43.5 Å². The van der Waals surface area contributed by atoms with E-state index in [2.05, 4.69) is 11.4 Å². The van der Waals surface area contributed by atoms with Crippen molar-refractivity contribution in [2.75, 3.05) is 13.1 Å². The Bertz CT molecular complexity index is 596. The van der Waals surface area contributed by atoms with Crippen LogP contribution in [-0.4, -0.2) is 35.8 Å². The molecule has 5 nitrogen and oxygen atoms in total. The third kappa shape index (κ3) is 4.15. The molecule has 2 aliphatic rings. The molecule has 0 radical (unpaired) electrons. The van der Waals surface area contributed by atoms with E-state index in [1.54, 1.807) is 0 Å². The van der Waals surface area contributed by atoms with Crippen LogP contribution in [-0.2, 0) is 22.6 Å². The molecule has 3 N–H and O–H groups in total. The van der Waals surface area contributed by atoms with Crippen molar-refractivity contribution in [1.29, 1.82) is 0 Å². The van der Waals surface area contributed by atoms with Gasteiger partial charge in [-0.25, -0.2) is 0 Å². The van der Waals surface area contributed by atoms with E-state index in [0.717, 1.165) is 12.1 Å². The largest absolute Gasteiger partial charge is 0.368 e. The minimum atomic E-state index is -0.402. The molecule has 3 rings (SSSR count). The molecule has 5 heteroatoms. The summed E-state index contributed by atoms with van der Waals surface area (Å²) in [5.41, 5.74) is 7.90. The molecule has 0 spiro atoms. The molecule has 130 valence electrons. The number of carbonyl (C=O) groups excluding carboxylic acids is 2. The Morgan fingerprint density at radius 1 is 1.12 bits per heavy atom. The van der Waals surface area contributed by atoms with Crippen molar-refractivity contribution in [2.24, 2.45) is 11.7 Å². The van der Waals surface area contributed by atoms with Crippen LogP contribution in [0.3, 0.4) is 0 Å². The Hall–Kier alpha value is -1.88. The average Bonchev–Trinajstić information content (AvgIpc) is 2.60. The fourth-order valence-electron chi connectivity index (χ4n) is 3.91. The summed E-state index contributed by atoms with van der Waals surface area (Å²) in [6.07, 6.45) is 6.86. The summed E-state index contributed by atoms with van der Waals surface area (Å²) in [6.45, 7) is 1.58. The predicted molar refractivity (Wildman–Crippen MR) is 93.1 cm³/mol. The SMILES string of the molecule is NC(=O)C1Cc2ccccc2CN1CC(=O)NCC1CCCCC1. The summed E-state index contributed by atoms with van der Waals surface area (Å²) in [4.78, 5) is 26.0. The lowest BCUT2D eigenvalue weighted by Crippen LogP contribution is -2.52. The topological polar surface area (TPSA) is 75.4 Å². The molecule has 1 heterocycles. The van der Waals surface area contributed by atoms with Gasteiger partial charge < -0.3 is 11.1 Å². The first kappa shape index (κ1) is 17.0. The molecular weight excluding hydrogens is 302 g/mol. The summed E-state index contributed by atoms with van der Waals surface area (Å²) >= 11 is 0. The van der Waals surface area contributed by atoms with E-state index >= 15 is 0 Å². The number of amides is 2. The summed E-state index contributed by atoms with van der Waals surface area (Å²) in [7, 11) is 0. The lowest BCUT2D eigenvalue weighted by Gasteiger charge is -2.34. The molecule has 1 aliphatic heterocycles. The highest BCUT2D eigenvalue weighted by molar-refractivity contribution is 5.83. The molecule has 24 heavy (non-hydrogen) atoms. The maximum absolute atomic E-state index is 12.3. The van der Waals surface area contributed by atoms with Crippen molar-refractivity contribution < 1.29 is 9.59 Å². The highest BCUT2D eigenvalue weighted by Crippen LogP contribution is 2.24. The highest BCUT2D eigenvalue weighted by Gasteiger charge is 2.31. The van der Waals surface area contributed by atoms with E-state index in [4.69, 9.17) is 5.73 Å². The van der Waals surface area contributed by atoms with Crippen LogP contribution in [0.1, 0.15) is 43.2 Å². The number of hydrogen-bond acceptors (Lipinski definition) is 3. The van der Waals surface area contributed by atoms with E-state index in [1.807, 2.05) is 23.1 Å². The number of fused-ring (bicyclic) bond motifs is 1. The smallest absolute Gasteiger partial charge is 0.235 e. The summed E-state index contributed by atoms with van der Waals surface area (Å²) in [5, 5.41) is 3.05. The molecule has 0 bridgehead atoms. The molecule has 1 unspecified atom stereocenters. The molecule has 1 aromatic rings. The maximum Gasteiger partial charge on any atom is 0.235 e. The van der Waals surface area contributed by atoms with Crippen LogP contribution in [0.2, 0.25) is 0 Å². The number of primary amides is 1. The Morgan fingerprint density at radius 3 is 2.54 bits per heavy atom.